The average Bonchev–Trinajstić information content (AvgIpc) is 2.10. The summed E-state index contributed by atoms with van der Waals surface area (Å²) in [7, 11) is -1.34. The minimum Gasteiger partial charge on any atom is -0.294 e. The van der Waals surface area contributed by atoms with Crippen LogP contribution < -0.4 is 0 Å². The van der Waals surface area contributed by atoms with Crippen molar-refractivity contribution in [2.45, 2.75) is 39.4 Å². The lowest BCUT2D eigenvalue weighted by Gasteiger charge is -2.21. The molecule has 2 heteroatoms. The molecule has 0 amide bonds. The lowest BCUT2D eigenvalue weighted by Crippen LogP contribution is -2.21. The molecule has 0 fully saturated rings. The van der Waals surface area contributed by atoms with Gasteiger partial charge in [-0.2, -0.15) is 0 Å². The van der Waals surface area contributed by atoms with Gasteiger partial charge in [0, 0.05) is 12.0 Å². The molecule has 0 aromatic carbocycles. The standard InChI is InChI=1S/C13H20OSi/c1-6-11-10(2)7-8-13(14)12(11)9-15(3,4)5/h6,9H,1,7-8H2,2-5H3/b12-9-. The van der Waals surface area contributed by atoms with Gasteiger partial charge in [-0.05, 0) is 18.9 Å². The molecule has 0 aliphatic heterocycles. The predicted molar refractivity (Wildman–Crippen MR) is 68.6 cm³/mol. The van der Waals surface area contributed by atoms with Crippen molar-refractivity contribution in [1.29, 1.82) is 0 Å². The van der Waals surface area contributed by atoms with E-state index >= 15 is 0 Å². The fraction of sp³-hybridized carbons (Fsp3) is 0.462. The van der Waals surface area contributed by atoms with Gasteiger partial charge >= 0.3 is 0 Å². The first kappa shape index (κ1) is 12.2. The maximum absolute atomic E-state index is 11.9. The van der Waals surface area contributed by atoms with Crippen LogP contribution in [0.25, 0.3) is 0 Å². The Kier molecular flexibility index (Phi) is 3.50. The van der Waals surface area contributed by atoms with Crippen LogP contribution in [-0.4, -0.2) is 13.9 Å². The maximum Gasteiger partial charge on any atom is 0.163 e. The van der Waals surface area contributed by atoms with Crippen molar-refractivity contribution in [2.24, 2.45) is 0 Å². The topological polar surface area (TPSA) is 17.1 Å². The Labute approximate surface area is 93.6 Å². The Bertz CT molecular complexity index is 353. The number of hydrogen-bond donors (Lipinski definition) is 0. The predicted octanol–water partition coefficient (Wildman–Crippen LogP) is 3.66. The SMILES string of the molecule is C=CC1=C(C)CCC(=O)/C1=C\[Si](C)(C)C. The van der Waals surface area contributed by atoms with Gasteiger partial charge in [-0.15, -0.1) is 0 Å². The quantitative estimate of drug-likeness (QED) is 0.513. The van der Waals surface area contributed by atoms with Crippen molar-refractivity contribution in [1.82, 2.24) is 0 Å². The average molecular weight is 220 g/mol. The number of Topliss-reactive ketones (excluding diaryl/α,β-unsaturated/α-hetero) is 1. The second-order valence-electron chi connectivity index (χ2n) is 5.25. The smallest absolute Gasteiger partial charge is 0.163 e. The highest BCUT2D eigenvalue weighted by Gasteiger charge is 2.22. The van der Waals surface area contributed by atoms with Crippen LogP contribution in [0.3, 0.4) is 0 Å². The van der Waals surface area contributed by atoms with E-state index in [1.54, 1.807) is 0 Å². The lowest BCUT2D eigenvalue weighted by molar-refractivity contribution is -0.115. The van der Waals surface area contributed by atoms with E-state index in [9.17, 15) is 4.79 Å². The van der Waals surface area contributed by atoms with Gasteiger partial charge in [0.25, 0.3) is 0 Å². The Hall–Kier alpha value is -0.893. The number of ketones is 1. The molecule has 0 unspecified atom stereocenters. The third kappa shape index (κ3) is 3.03. The zero-order chi connectivity index (χ0) is 11.6. The molecule has 0 saturated carbocycles. The van der Waals surface area contributed by atoms with Crippen molar-refractivity contribution in [3.63, 3.8) is 0 Å². The number of carbonyl (C=O) groups is 1. The van der Waals surface area contributed by atoms with E-state index in [-0.39, 0.29) is 5.78 Å². The van der Waals surface area contributed by atoms with Gasteiger partial charge in [0.2, 0.25) is 0 Å². The van der Waals surface area contributed by atoms with Gasteiger partial charge in [0.05, 0.1) is 8.07 Å². The van der Waals surface area contributed by atoms with E-state index in [1.807, 2.05) is 6.08 Å². The van der Waals surface area contributed by atoms with Crippen LogP contribution >= 0.6 is 0 Å². The summed E-state index contributed by atoms with van der Waals surface area (Å²) < 4.78 is 0. The molecular weight excluding hydrogens is 200 g/mol. The molecule has 0 aromatic rings. The molecule has 0 saturated heterocycles. The molecule has 15 heavy (non-hydrogen) atoms. The molecule has 1 nitrogen and oxygen atoms in total. The Balaban J connectivity index is 3.24. The second-order valence-corrected chi connectivity index (χ2v) is 10.3. The van der Waals surface area contributed by atoms with Crippen LogP contribution in [0.1, 0.15) is 19.8 Å². The first-order chi connectivity index (χ1) is 6.85. The summed E-state index contributed by atoms with van der Waals surface area (Å²) in [6.07, 6.45) is 3.39. The fourth-order valence-electron chi connectivity index (χ4n) is 1.83. The zero-order valence-corrected chi connectivity index (χ0v) is 11.2. The molecular formula is C13H20OSi. The van der Waals surface area contributed by atoms with Crippen molar-refractivity contribution >= 4 is 13.9 Å². The van der Waals surface area contributed by atoms with Crippen LogP contribution in [0.15, 0.2) is 35.1 Å². The summed E-state index contributed by atoms with van der Waals surface area (Å²) in [4.78, 5) is 11.9. The number of allylic oxidation sites excluding steroid dienone is 4. The third-order valence-electron chi connectivity index (χ3n) is 2.56. The van der Waals surface area contributed by atoms with Crippen LogP contribution in [0, 0.1) is 0 Å². The summed E-state index contributed by atoms with van der Waals surface area (Å²) in [5, 5.41) is 0. The van der Waals surface area contributed by atoms with Crippen molar-refractivity contribution in [2.75, 3.05) is 0 Å². The first-order valence-corrected chi connectivity index (χ1v) is 9.01. The molecule has 82 valence electrons. The molecule has 0 heterocycles. The van der Waals surface area contributed by atoms with E-state index in [0.717, 1.165) is 17.6 Å². The largest absolute Gasteiger partial charge is 0.294 e. The van der Waals surface area contributed by atoms with E-state index in [1.165, 1.54) is 5.57 Å². The van der Waals surface area contributed by atoms with Crippen LogP contribution in [0.2, 0.25) is 19.6 Å². The van der Waals surface area contributed by atoms with E-state index in [4.69, 9.17) is 0 Å². The third-order valence-corrected chi connectivity index (χ3v) is 3.71. The normalized spacial score (nSPS) is 21.1. The maximum atomic E-state index is 11.9. The number of rotatable bonds is 2. The van der Waals surface area contributed by atoms with Gasteiger partial charge in [-0.3, -0.25) is 4.79 Å². The van der Waals surface area contributed by atoms with E-state index in [0.29, 0.717) is 6.42 Å². The molecule has 1 rings (SSSR count). The Morgan fingerprint density at radius 3 is 2.33 bits per heavy atom. The molecule has 0 N–H and O–H groups in total. The van der Waals surface area contributed by atoms with Crippen LogP contribution in [0.4, 0.5) is 0 Å². The van der Waals surface area contributed by atoms with Crippen LogP contribution in [0.5, 0.6) is 0 Å². The molecule has 0 spiro atoms. The first-order valence-electron chi connectivity index (χ1n) is 5.44. The van der Waals surface area contributed by atoms with E-state index < -0.39 is 8.07 Å². The molecule has 0 atom stereocenters. The molecule has 0 aromatic heterocycles. The lowest BCUT2D eigenvalue weighted by atomic mass is 9.88. The highest BCUT2D eigenvalue weighted by Crippen LogP contribution is 2.28. The second kappa shape index (κ2) is 4.31. The van der Waals surface area contributed by atoms with Gasteiger partial charge in [0.1, 0.15) is 0 Å². The van der Waals surface area contributed by atoms with Crippen LogP contribution in [-0.2, 0) is 4.79 Å². The summed E-state index contributed by atoms with van der Waals surface area (Å²) in [5.41, 5.74) is 5.50. The Morgan fingerprint density at radius 1 is 1.27 bits per heavy atom. The number of carbonyl (C=O) groups excluding carboxylic acids is 1. The number of hydrogen-bond acceptors (Lipinski definition) is 1. The monoisotopic (exact) mass is 220 g/mol. The summed E-state index contributed by atoms with van der Waals surface area (Å²) in [5.74, 6) is 0.290. The van der Waals surface area contributed by atoms with Crippen molar-refractivity contribution < 1.29 is 4.79 Å². The van der Waals surface area contributed by atoms with Gasteiger partial charge in [0.15, 0.2) is 5.78 Å². The van der Waals surface area contributed by atoms with Gasteiger partial charge in [-0.25, -0.2) is 0 Å². The van der Waals surface area contributed by atoms with Gasteiger partial charge < -0.3 is 0 Å². The molecule has 0 bridgehead atoms. The highest BCUT2D eigenvalue weighted by molar-refractivity contribution is 6.81. The summed E-state index contributed by atoms with van der Waals surface area (Å²) in [6.45, 7) is 12.7. The minimum atomic E-state index is -1.34. The molecule has 0 radical (unpaired) electrons. The summed E-state index contributed by atoms with van der Waals surface area (Å²) >= 11 is 0. The fourth-order valence-corrected chi connectivity index (χ4v) is 3.01. The van der Waals surface area contributed by atoms with Crippen molar-refractivity contribution in [3.05, 3.63) is 35.1 Å². The zero-order valence-electron chi connectivity index (χ0n) is 10.2. The minimum absolute atomic E-state index is 0.290. The van der Waals surface area contributed by atoms with Gasteiger partial charge in [-0.1, -0.05) is 43.6 Å². The van der Waals surface area contributed by atoms with E-state index in [2.05, 4.69) is 38.8 Å². The highest BCUT2D eigenvalue weighted by atomic mass is 28.3. The Morgan fingerprint density at radius 2 is 1.87 bits per heavy atom. The summed E-state index contributed by atoms with van der Waals surface area (Å²) in [6, 6.07) is 0. The van der Waals surface area contributed by atoms with Crippen molar-refractivity contribution in [3.8, 4) is 0 Å². The molecule has 1 aliphatic carbocycles. The molecule has 1 aliphatic rings.